The van der Waals surface area contributed by atoms with Crippen molar-refractivity contribution in [2.75, 3.05) is 19.8 Å². The summed E-state index contributed by atoms with van der Waals surface area (Å²) in [6.07, 6.45) is 7.34. The van der Waals surface area contributed by atoms with E-state index in [1.54, 1.807) is 24.3 Å². The maximum absolute atomic E-state index is 12.7. The Morgan fingerprint density at radius 2 is 1.97 bits per heavy atom. The van der Waals surface area contributed by atoms with Gasteiger partial charge in [-0.1, -0.05) is 25.3 Å². The molecule has 0 bridgehead atoms. The summed E-state index contributed by atoms with van der Waals surface area (Å²) in [5.74, 6) is -0.231. The number of carbonyl (C=O) groups excluding carboxylic acids is 2. The summed E-state index contributed by atoms with van der Waals surface area (Å²) in [6, 6.07) is 4.98. The molecule has 2 amide bonds. The number of benzene rings is 1. The predicted octanol–water partition coefficient (Wildman–Crippen LogP) is 4.17. The van der Waals surface area contributed by atoms with Crippen LogP contribution in [-0.2, 0) is 9.59 Å². The second-order valence-corrected chi connectivity index (χ2v) is 8.11. The van der Waals surface area contributed by atoms with Gasteiger partial charge in [-0.2, -0.15) is 0 Å². The minimum atomic E-state index is -1.08. The van der Waals surface area contributed by atoms with E-state index in [0.717, 1.165) is 37.4 Å². The molecule has 0 aromatic heterocycles. The standard InChI is InChI=1S/C21H25NO6S/c1-2-27-17-10-15(8-9-16(17)28-13-19(23)24)11-18-20(25)22(21(26)29-18)12-14-6-4-3-5-7-14/h8-11,14H,2-7,12-13H2,1H3,(H,23,24)/b18-11+. The van der Waals surface area contributed by atoms with Crippen LogP contribution in [-0.4, -0.2) is 46.9 Å². The smallest absolute Gasteiger partial charge is 0.341 e. The topological polar surface area (TPSA) is 93.1 Å². The number of amides is 2. The predicted molar refractivity (Wildman–Crippen MR) is 110 cm³/mol. The molecule has 1 aliphatic carbocycles. The maximum Gasteiger partial charge on any atom is 0.341 e. The zero-order valence-electron chi connectivity index (χ0n) is 16.4. The second-order valence-electron chi connectivity index (χ2n) is 7.12. The van der Waals surface area contributed by atoms with E-state index in [2.05, 4.69) is 0 Å². The highest BCUT2D eigenvalue weighted by Gasteiger charge is 2.36. The number of aliphatic carboxylic acids is 1. The molecule has 1 saturated carbocycles. The third-order valence-corrected chi connectivity index (χ3v) is 5.86. The number of ether oxygens (including phenoxy) is 2. The Bertz CT molecular complexity index is 815. The Kier molecular flexibility index (Phi) is 7.19. The lowest BCUT2D eigenvalue weighted by Gasteiger charge is -2.25. The van der Waals surface area contributed by atoms with Crippen LogP contribution in [0.4, 0.5) is 4.79 Å². The molecule has 0 atom stereocenters. The highest BCUT2D eigenvalue weighted by Crippen LogP contribution is 2.36. The van der Waals surface area contributed by atoms with Crippen molar-refractivity contribution in [2.24, 2.45) is 5.92 Å². The van der Waals surface area contributed by atoms with Crippen LogP contribution in [0.5, 0.6) is 11.5 Å². The van der Waals surface area contributed by atoms with Crippen molar-refractivity contribution in [3.05, 3.63) is 28.7 Å². The fourth-order valence-corrected chi connectivity index (χ4v) is 4.43. The fourth-order valence-electron chi connectivity index (χ4n) is 3.58. The average Bonchev–Trinajstić information content (AvgIpc) is 2.96. The lowest BCUT2D eigenvalue weighted by molar-refractivity contribution is -0.139. The van der Waals surface area contributed by atoms with Crippen LogP contribution in [0, 0.1) is 5.92 Å². The van der Waals surface area contributed by atoms with Crippen molar-refractivity contribution < 1.29 is 29.0 Å². The van der Waals surface area contributed by atoms with E-state index in [9.17, 15) is 14.4 Å². The largest absolute Gasteiger partial charge is 0.490 e. The molecule has 1 aromatic rings. The Morgan fingerprint density at radius 3 is 2.66 bits per heavy atom. The SMILES string of the molecule is CCOc1cc(/C=C2/SC(=O)N(CC3CCCCC3)C2=O)ccc1OCC(=O)O. The van der Waals surface area contributed by atoms with Crippen molar-refractivity contribution in [2.45, 2.75) is 39.0 Å². The molecular formula is C21H25NO6S. The first-order chi connectivity index (χ1) is 14.0. The summed E-state index contributed by atoms with van der Waals surface area (Å²) in [5, 5.41) is 8.56. The number of carboxylic acid groups (broad SMARTS) is 1. The van der Waals surface area contributed by atoms with Gasteiger partial charge < -0.3 is 14.6 Å². The molecule has 3 rings (SSSR count). The first kappa shape index (κ1) is 21.2. The number of imide groups is 1. The molecule has 8 heteroatoms. The molecule has 156 valence electrons. The van der Waals surface area contributed by atoms with Crippen LogP contribution in [0.15, 0.2) is 23.1 Å². The normalized spacial score (nSPS) is 19.1. The molecule has 0 radical (unpaired) electrons. The van der Waals surface area contributed by atoms with Crippen LogP contribution in [0.25, 0.3) is 6.08 Å². The van der Waals surface area contributed by atoms with Gasteiger partial charge in [0.15, 0.2) is 18.1 Å². The molecule has 1 heterocycles. The number of hydrogen-bond donors (Lipinski definition) is 1. The van der Waals surface area contributed by atoms with Crippen molar-refractivity contribution in [1.29, 1.82) is 0 Å². The molecule has 1 N–H and O–H groups in total. The van der Waals surface area contributed by atoms with Crippen molar-refractivity contribution in [3.8, 4) is 11.5 Å². The van der Waals surface area contributed by atoms with Crippen molar-refractivity contribution >= 4 is 35.0 Å². The van der Waals surface area contributed by atoms with Gasteiger partial charge in [-0.05, 0) is 61.2 Å². The molecule has 7 nitrogen and oxygen atoms in total. The van der Waals surface area contributed by atoms with Gasteiger partial charge in [0.1, 0.15) is 0 Å². The number of carboxylic acids is 1. The second kappa shape index (κ2) is 9.82. The molecular weight excluding hydrogens is 394 g/mol. The quantitative estimate of drug-likeness (QED) is 0.632. The van der Waals surface area contributed by atoms with E-state index in [-0.39, 0.29) is 11.1 Å². The van der Waals surface area contributed by atoms with Crippen molar-refractivity contribution in [1.82, 2.24) is 4.90 Å². The average molecular weight is 419 g/mol. The minimum absolute atomic E-state index is 0.224. The van der Waals surface area contributed by atoms with Crippen molar-refractivity contribution in [3.63, 3.8) is 0 Å². The number of thioether (sulfide) groups is 1. The molecule has 2 fully saturated rings. The molecule has 0 unspecified atom stereocenters. The van der Waals surface area contributed by atoms with Crippen LogP contribution < -0.4 is 9.47 Å². The van der Waals surface area contributed by atoms with Crippen LogP contribution in [0.1, 0.15) is 44.6 Å². The van der Waals surface area contributed by atoms with E-state index in [0.29, 0.717) is 41.0 Å². The van der Waals surface area contributed by atoms with Gasteiger partial charge in [-0.25, -0.2) is 4.79 Å². The summed E-state index contributed by atoms with van der Waals surface area (Å²) in [6.45, 7) is 2.21. The van der Waals surface area contributed by atoms with Crippen LogP contribution >= 0.6 is 11.8 Å². The molecule has 2 aliphatic rings. The summed E-state index contributed by atoms with van der Waals surface area (Å²) >= 11 is 0.952. The van der Waals surface area contributed by atoms with Gasteiger partial charge >= 0.3 is 5.97 Å². The summed E-state index contributed by atoms with van der Waals surface area (Å²) < 4.78 is 10.8. The van der Waals surface area contributed by atoms with E-state index in [4.69, 9.17) is 14.6 Å². The Hall–Kier alpha value is -2.48. The third-order valence-electron chi connectivity index (χ3n) is 4.96. The highest BCUT2D eigenvalue weighted by molar-refractivity contribution is 8.18. The van der Waals surface area contributed by atoms with E-state index in [1.807, 2.05) is 6.92 Å². The van der Waals surface area contributed by atoms with E-state index in [1.165, 1.54) is 11.3 Å². The maximum atomic E-state index is 12.7. The lowest BCUT2D eigenvalue weighted by Crippen LogP contribution is -2.34. The Labute approximate surface area is 174 Å². The Balaban J connectivity index is 1.74. The van der Waals surface area contributed by atoms with E-state index >= 15 is 0 Å². The van der Waals surface area contributed by atoms with E-state index < -0.39 is 12.6 Å². The third kappa shape index (κ3) is 5.53. The van der Waals surface area contributed by atoms with Gasteiger partial charge in [0, 0.05) is 6.54 Å². The summed E-state index contributed by atoms with van der Waals surface area (Å²) in [5.41, 5.74) is 0.680. The number of rotatable bonds is 8. The Morgan fingerprint density at radius 1 is 1.21 bits per heavy atom. The number of carbonyl (C=O) groups is 3. The van der Waals surface area contributed by atoms with Crippen LogP contribution in [0.2, 0.25) is 0 Å². The van der Waals surface area contributed by atoms with Gasteiger partial charge in [0.25, 0.3) is 11.1 Å². The zero-order chi connectivity index (χ0) is 20.8. The molecule has 1 saturated heterocycles. The monoisotopic (exact) mass is 419 g/mol. The van der Waals surface area contributed by atoms with Gasteiger partial charge in [0.2, 0.25) is 0 Å². The number of nitrogens with zero attached hydrogens (tertiary/aromatic N) is 1. The summed E-state index contributed by atoms with van der Waals surface area (Å²) in [4.78, 5) is 37.6. The number of hydrogen-bond acceptors (Lipinski definition) is 6. The lowest BCUT2D eigenvalue weighted by atomic mass is 9.89. The zero-order valence-corrected chi connectivity index (χ0v) is 17.2. The minimum Gasteiger partial charge on any atom is -0.490 e. The molecule has 1 aromatic carbocycles. The van der Waals surface area contributed by atoms with Gasteiger partial charge in [0.05, 0.1) is 11.5 Å². The molecule has 1 aliphatic heterocycles. The molecule has 0 spiro atoms. The van der Waals surface area contributed by atoms with Gasteiger partial charge in [-0.3, -0.25) is 14.5 Å². The van der Waals surface area contributed by atoms with Crippen LogP contribution in [0.3, 0.4) is 0 Å². The first-order valence-electron chi connectivity index (χ1n) is 9.84. The van der Waals surface area contributed by atoms with Gasteiger partial charge in [-0.15, -0.1) is 0 Å². The highest BCUT2D eigenvalue weighted by atomic mass is 32.2. The molecule has 29 heavy (non-hydrogen) atoms. The fraction of sp³-hybridized carbons (Fsp3) is 0.476. The first-order valence-corrected chi connectivity index (χ1v) is 10.7. The summed E-state index contributed by atoms with van der Waals surface area (Å²) in [7, 11) is 0.